The minimum Gasteiger partial charge on any atom is -0.478 e. The van der Waals surface area contributed by atoms with Gasteiger partial charge >= 0.3 is 5.97 Å². The van der Waals surface area contributed by atoms with Crippen molar-refractivity contribution in [3.63, 3.8) is 0 Å². The fourth-order valence-electron chi connectivity index (χ4n) is 1.96. The molecule has 94 valence electrons. The molecule has 5 nitrogen and oxygen atoms in total. The molecule has 1 N–H and O–H groups in total. The van der Waals surface area contributed by atoms with E-state index in [1.165, 1.54) is 0 Å². The van der Waals surface area contributed by atoms with Gasteiger partial charge in [-0.05, 0) is 23.8 Å². The lowest BCUT2D eigenvalue weighted by Gasteiger charge is -1.99. The standard InChI is InChI=1S/C14H11N3O2/c18-14(19)11-3-4-12-9-17(16-13(12)6-11)8-10-2-1-5-15-7-10/h1-7,9H,8H2,(H,18,19). The molecule has 0 aliphatic heterocycles. The first-order valence-electron chi connectivity index (χ1n) is 5.82. The second kappa shape index (κ2) is 4.53. The van der Waals surface area contributed by atoms with Gasteiger partial charge in [-0.15, -0.1) is 0 Å². The molecule has 0 aliphatic rings. The van der Waals surface area contributed by atoms with Gasteiger partial charge in [0.1, 0.15) is 0 Å². The van der Waals surface area contributed by atoms with Crippen molar-refractivity contribution in [1.82, 2.24) is 14.8 Å². The quantitative estimate of drug-likeness (QED) is 0.776. The van der Waals surface area contributed by atoms with Gasteiger partial charge in [0.2, 0.25) is 0 Å². The number of rotatable bonds is 3. The van der Waals surface area contributed by atoms with Crippen LogP contribution in [0.3, 0.4) is 0 Å². The van der Waals surface area contributed by atoms with E-state index in [0.29, 0.717) is 12.1 Å². The van der Waals surface area contributed by atoms with Crippen LogP contribution in [-0.2, 0) is 6.54 Å². The molecule has 0 spiro atoms. The molecule has 0 radical (unpaired) electrons. The van der Waals surface area contributed by atoms with Crippen molar-refractivity contribution in [3.05, 3.63) is 60.0 Å². The molecule has 0 fully saturated rings. The van der Waals surface area contributed by atoms with Crippen LogP contribution in [0.4, 0.5) is 0 Å². The van der Waals surface area contributed by atoms with E-state index in [2.05, 4.69) is 10.1 Å². The topological polar surface area (TPSA) is 68.0 Å². The van der Waals surface area contributed by atoms with Crippen molar-refractivity contribution in [2.45, 2.75) is 6.54 Å². The first-order chi connectivity index (χ1) is 9.22. The molecule has 0 aliphatic carbocycles. The Morgan fingerprint density at radius 2 is 2.21 bits per heavy atom. The molecule has 0 amide bonds. The van der Waals surface area contributed by atoms with Crippen molar-refractivity contribution in [1.29, 1.82) is 0 Å². The van der Waals surface area contributed by atoms with Gasteiger partial charge in [-0.2, -0.15) is 5.10 Å². The number of hydrogen-bond donors (Lipinski definition) is 1. The molecule has 1 aromatic carbocycles. The highest BCUT2D eigenvalue weighted by atomic mass is 16.4. The van der Waals surface area contributed by atoms with Gasteiger partial charge in [-0.25, -0.2) is 4.79 Å². The van der Waals surface area contributed by atoms with Crippen molar-refractivity contribution >= 4 is 16.9 Å². The Bertz CT molecular complexity index is 735. The molecule has 5 heteroatoms. The van der Waals surface area contributed by atoms with E-state index in [0.717, 1.165) is 10.9 Å². The highest BCUT2D eigenvalue weighted by molar-refractivity contribution is 5.92. The highest BCUT2D eigenvalue weighted by Gasteiger charge is 2.06. The predicted molar refractivity (Wildman–Crippen MR) is 70.0 cm³/mol. The van der Waals surface area contributed by atoms with E-state index < -0.39 is 5.97 Å². The summed E-state index contributed by atoms with van der Waals surface area (Å²) in [6, 6.07) is 8.78. The van der Waals surface area contributed by atoms with Crippen molar-refractivity contribution in [2.75, 3.05) is 0 Å². The fourth-order valence-corrected chi connectivity index (χ4v) is 1.96. The monoisotopic (exact) mass is 253 g/mol. The zero-order valence-corrected chi connectivity index (χ0v) is 10.0. The van der Waals surface area contributed by atoms with E-state index in [9.17, 15) is 4.79 Å². The maximum absolute atomic E-state index is 10.9. The number of benzene rings is 1. The van der Waals surface area contributed by atoms with Crippen LogP contribution in [0.1, 0.15) is 15.9 Å². The van der Waals surface area contributed by atoms with E-state index in [1.807, 2.05) is 18.3 Å². The molecule has 0 atom stereocenters. The number of fused-ring (bicyclic) bond motifs is 1. The van der Waals surface area contributed by atoms with Crippen LogP contribution in [0.25, 0.3) is 10.9 Å². The third-order valence-electron chi connectivity index (χ3n) is 2.87. The van der Waals surface area contributed by atoms with Crippen LogP contribution < -0.4 is 0 Å². The molecule has 19 heavy (non-hydrogen) atoms. The molecule has 2 heterocycles. The minimum absolute atomic E-state index is 0.249. The van der Waals surface area contributed by atoms with Crippen LogP contribution in [0.15, 0.2) is 48.9 Å². The van der Waals surface area contributed by atoms with Gasteiger partial charge in [0.05, 0.1) is 17.6 Å². The van der Waals surface area contributed by atoms with Crippen molar-refractivity contribution < 1.29 is 9.90 Å². The normalized spacial score (nSPS) is 10.7. The second-order valence-corrected chi connectivity index (χ2v) is 4.27. The van der Waals surface area contributed by atoms with Gasteiger partial charge < -0.3 is 5.11 Å². The first kappa shape index (κ1) is 11.4. The fraction of sp³-hybridized carbons (Fsp3) is 0.0714. The number of nitrogens with zero attached hydrogens (tertiary/aromatic N) is 3. The summed E-state index contributed by atoms with van der Waals surface area (Å²) in [5.41, 5.74) is 1.98. The van der Waals surface area contributed by atoms with Crippen LogP contribution in [0.5, 0.6) is 0 Å². The molecule has 3 aromatic rings. The Morgan fingerprint density at radius 1 is 1.32 bits per heavy atom. The minimum atomic E-state index is -0.941. The third-order valence-corrected chi connectivity index (χ3v) is 2.87. The second-order valence-electron chi connectivity index (χ2n) is 4.27. The van der Waals surface area contributed by atoms with E-state index in [-0.39, 0.29) is 5.56 Å². The Labute approximate surface area is 109 Å². The SMILES string of the molecule is O=C(O)c1ccc2cn(Cc3cccnc3)nc2c1. The Balaban J connectivity index is 1.95. The lowest BCUT2D eigenvalue weighted by atomic mass is 10.2. The zero-order chi connectivity index (χ0) is 13.2. The molecule has 0 saturated heterocycles. The van der Waals surface area contributed by atoms with Crippen LogP contribution >= 0.6 is 0 Å². The zero-order valence-electron chi connectivity index (χ0n) is 10.0. The van der Waals surface area contributed by atoms with E-state index >= 15 is 0 Å². The first-order valence-corrected chi connectivity index (χ1v) is 5.82. The molecular formula is C14H11N3O2. The van der Waals surface area contributed by atoms with Crippen LogP contribution in [0, 0.1) is 0 Å². The highest BCUT2D eigenvalue weighted by Crippen LogP contribution is 2.15. The maximum atomic E-state index is 10.9. The third kappa shape index (κ3) is 2.30. The number of hydrogen-bond acceptors (Lipinski definition) is 3. The lowest BCUT2D eigenvalue weighted by Crippen LogP contribution is -2.00. The molecule has 0 bridgehead atoms. The summed E-state index contributed by atoms with van der Waals surface area (Å²) in [7, 11) is 0. The summed E-state index contributed by atoms with van der Waals surface area (Å²) in [4.78, 5) is 15.0. The smallest absolute Gasteiger partial charge is 0.335 e. The summed E-state index contributed by atoms with van der Waals surface area (Å²) in [6.45, 7) is 0.616. The molecule has 2 aromatic heterocycles. The molecule has 3 rings (SSSR count). The summed E-state index contributed by atoms with van der Waals surface area (Å²) in [5, 5.41) is 14.2. The largest absolute Gasteiger partial charge is 0.478 e. The number of carbonyl (C=O) groups is 1. The summed E-state index contributed by atoms with van der Waals surface area (Å²) in [6.07, 6.45) is 5.41. The van der Waals surface area contributed by atoms with Gasteiger partial charge in [0, 0.05) is 24.0 Å². The summed E-state index contributed by atoms with van der Waals surface area (Å²) >= 11 is 0. The number of carboxylic acid groups (broad SMARTS) is 1. The average Bonchev–Trinajstić information content (AvgIpc) is 2.80. The van der Waals surface area contributed by atoms with Gasteiger partial charge in [-0.3, -0.25) is 9.67 Å². The van der Waals surface area contributed by atoms with E-state index in [4.69, 9.17) is 5.11 Å². The van der Waals surface area contributed by atoms with Gasteiger partial charge in [0.25, 0.3) is 0 Å². The van der Waals surface area contributed by atoms with Gasteiger partial charge in [0.15, 0.2) is 0 Å². The summed E-state index contributed by atoms with van der Waals surface area (Å²) in [5.74, 6) is -0.941. The van der Waals surface area contributed by atoms with Crippen molar-refractivity contribution in [2.24, 2.45) is 0 Å². The lowest BCUT2D eigenvalue weighted by molar-refractivity contribution is 0.0697. The van der Waals surface area contributed by atoms with Crippen LogP contribution in [0.2, 0.25) is 0 Å². The molecule has 0 saturated carbocycles. The molecular weight excluding hydrogens is 242 g/mol. The number of pyridine rings is 1. The maximum Gasteiger partial charge on any atom is 0.335 e. The summed E-state index contributed by atoms with van der Waals surface area (Å²) < 4.78 is 1.79. The molecule has 0 unspecified atom stereocenters. The van der Waals surface area contributed by atoms with Crippen LogP contribution in [-0.4, -0.2) is 25.8 Å². The average molecular weight is 253 g/mol. The Kier molecular flexibility index (Phi) is 2.72. The van der Waals surface area contributed by atoms with Crippen molar-refractivity contribution in [3.8, 4) is 0 Å². The Morgan fingerprint density at radius 3 is 2.95 bits per heavy atom. The number of aromatic carboxylic acids is 1. The predicted octanol–water partition coefficient (Wildman–Crippen LogP) is 2.18. The number of carboxylic acids is 1. The van der Waals surface area contributed by atoms with Gasteiger partial charge in [-0.1, -0.05) is 12.1 Å². The van der Waals surface area contributed by atoms with E-state index in [1.54, 1.807) is 35.3 Å². The Hall–Kier alpha value is -2.69. The number of aromatic nitrogens is 3.